The number of ether oxygens (including phenoxy) is 1. The van der Waals surface area contributed by atoms with Crippen LogP contribution in [0.3, 0.4) is 0 Å². The highest BCUT2D eigenvalue weighted by Gasteiger charge is 2.48. The molecule has 2 bridgehead atoms. The summed E-state index contributed by atoms with van der Waals surface area (Å²) in [6.45, 7) is 7.71. The molecule has 16 heavy (non-hydrogen) atoms. The van der Waals surface area contributed by atoms with E-state index in [1.165, 1.54) is 0 Å². The van der Waals surface area contributed by atoms with Crippen LogP contribution in [0.1, 0.15) is 40.5 Å². The number of fused-ring (bicyclic) bond motifs is 2. The Bertz CT molecular complexity index is 281. The number of esters is 1. The van der Waals surface area contributed by atoms with Crippen LogP contribution in [-0.4, -0.2) is 23.8 Å². The Morgan fingerprint density at radius 3 is 2.56 bits per heavy atom. The van der Waals surface area contributed by atoms with Gasteiger partial charge >= 0.3 is 5.97 Å². The molecular formula is C12H20O4. The number of rotatable bonds is 1. The van der Waals surface area contributed by atoms with Crippen LogP contribution in [0.5, 0.6) is 0 Å². The minimum Gasteiger partial charge on any atom is -0.460 e. The Labute approximate surface area is 96.2 Å². The summed E-state index contributed by atoms with van der Waals surface area (Å²) in [5.41, 5.74) is -0.434. The zero-order chi connectivity index (χ0) is 11.9. The summed E-state index contributed by atoms with van der Waals surface area (Å²) in [6, 6.07) is 0. The van der Waals surface area contributed by atoms with Crippen molar-refractivity contribution < 1.29 is 19.3 Å². The van der Waals surface area contributed by atoms with E-state index in [-0.39, 0.29) is 30.0 Å². The maximum absolute atomic E-state index is 12.0. The minimum atomic E-state index is -0.434. The normalized spacial score (nSPS) is 38.5. The van der Waals surface area contributed by atoms with Gasteiger partial charge in [-0.1, -0.05) is 6.92 Å². The fraction of sp³-hybridized carbons (Fsp3) is 0.917. The van der Waals surface area contributed by atoms with Gasteiger partial charge in [0.15, 0.2) is 0 Å². The van der Waals surface area contributed by atoms with E-state index in [0.29, 0.717) is 0 Å². The molecule has 1 aliphatic heterocycles. The lowest BCUT2D eigenvalue weighted by atomic mass is 9.78. The smallest absolute Gasteiger partial charge is 0.312 e. The second-order valence-electron chi connectivity index (χ2n) is 5.77. The molecule has 0 radical (unpaired) electrons. The first-order valence-corrected chi connectivity index (χ1v) is 5.93. The third-order valence-corrected chi connectivity index (χ3v) is 3.26. The van der Waals surface area contributed by atoms with Crippen LogP contribution >= 0.6 is 0 Å². The van der Waals surface area contributed by atoms with Gasteiger partial charge < -0.3 is 4.74 Å². The molecule has 0 amide bonds. The summed E-state index contributed by atoms with van der Waals surface area (Å²) in [5, 5.41) is 0. The largest absolute Gasteiger partial charge is 0.460 e. The fourth-order valence-electron chi connectivity index (χ4n) is 2.40. The van der Waals surface area contributed by atoms with Gasteiger partial charge in [-0.15, -0.1) is 0 Å². The summed E-state index contributed by atoms with van der Waals surface area (Å²) in [4.78, 5) is 22.4. The standard InChI is InChI=1S/C12H20O4/c1-7-9-6-5-8(10(7)16-15-9)11(13)14-12(2,3)4/h7-10H,5-6H2,1-4H3. The maximum Gasteiger partial charge on any atom is 0.312 e. The van der Waals surface area contributed by atoms with Crippen LogP contribution in [0.2, 0.25) is 0 Å². The molecule has 0 aromatic heterocycles. The molecule has 0 aromatic rings. The first kappa shape index (κ1) is 11.9. The monoisotopic (exact) mass is 228 g/mol. The number of hydrogen-bond acceptors (Lipinski definition) is 4. The summed E-state index contributed by atoms with van der Waals surface area (Å²) in [6.07, 6.45) is 1.70. The molecule has 0 N–H and O–H groups in total. The molecule has 1 heterocycles. The lowest BCUT2D eigenvalue weighted by Crippen LogP contribution is -2.41. The van der Waals surface area contributed by atoms with E-state index in [2.05, 4.69) is 6.92 Å². The zero-order valence-corrected chi connectivity index (χ0v) is 10.4. The van der Waals surface area contributed by atoms with E-state index in [1.54, 1.807) is 0 Å². The Morgan fingerprint density at radius 1 is 1.25 bits per heavy atom. The van der Waals surface area contributed by atoms with Crippen molar-refractivity contribution in [1.82, 2.24) is 0 Å². The van der Waals surface area contributed by atoms with Gasteiger partial charge in [0.05, 0.1) is 12.0 Å². The van der Waals surface area contributed by atoms with Gasteiger partial charge in [-0.05, 0) is 33.6 Å². The molecule has 4 heteroatoms. The lowest BCUT2D eigenvalue weighted by molar-refractivity contribution is -0.295. The van der Waals surface area contributed by atoms with Gasteiger partial charge in [-0.2, -0.15) is 0 Å². The topological polar surface area (TPSA) is 44.8 Å². The zero-order valence-electron chi connectivity index (χ0n) is 10.4. The van der Waals surface area contributed by atoms with Crippen molar-refractivity contribution in [2.45, 2.75) is 58.3 Å². The van der Waals surface area contributed by atoms with E-state index in [9.17, 15) is 4.79 Å². The van der Waals surface area contributed by atoms with E-state index in [1.807, 2.05) is 20.8 Å². The van der Waals surface area contributed by atoms with Crippen molar-refractivity contribution in [2.24, 2.45) is 11.8 Å². The Hall–Kier alpha value is -0.610. The number of carbonyl (C=O) groups excluding carboxylic acids is 1. The van der Waals surface area contributed by atoms with Crippen molar-refractivity contribution in [3.63, 3.8) is 0 Å². The van der Waals surface area contributed by atoms with Gasteiger partial charge in [0, 0.05) is 5.92 Å². The molecule has 4 atom stereocenters. The van der Waals surface area contributed by atoms with Gasteiger partial charge in [-0.25, -0.2) is 9.78 Å². The first-order valence-electron chi connectivity index (χ1n) is 5.93. The van der Waals surface area contributed by atoms with Crippen LogP contribution in [0.25, 0.3) is 0 Å². The van der Waals surface area contributed by atoms with Gasteiger partial charge in [-0.3, -0.25) is 4.79 Å². The molecule has 2 fully saturated rings. The van der Waals surface area contributed by atoms with Crippen molar-refractivity contribution in [1.29, 1.82) is 0 Å². The van der Waals surface area contributed by atoms with Crippen LogP contribution < -0.4 is 0 Å². The van der Waals surface area contributed by atoms with Crippen molar-refractivity contribution in [2.75, 3.05) is 0 Å². The molecule has 2 rings (SSSR count). The van der Waals surface area contributed by atoms with Gasteiger partial charge in [0.25, 0.3) is 0 Å². The molecule has 1 aliphatic carbocycles. The van der Waals surface area contributed by atoms with E-state index >= 15 is 0 Å². The summed E-state index contributed by atoms with van der Waals surface area (Å²) >= 11 is 0. The summed E-state index contributed by atoms with van der Waals surface area (Å²) in [5.74, 6) is -0.0486. The predicted octanol–water partition coefficient (Wildman–Crippen LogP) is 2.07. The molecule has 0 spiro atoms. The molecule has 92 valence electrons. The van der Waals surface area contributed by atoms with Crippen LogP contribution in [0.15, 0.2) is 0 Å². The minimum absolute atomic E-state index is 0.131. The summed E-state index contributed by atoms with van der Waals surface area (Å²) in [7, 11) is 0. The molecule has 2 aliphatic rings. The van der Waals surface area contributed by atoms with Gasteiger partial charge in [0.2, 0.25) is 0 Å². The Morgan fingerprint density at radius 2 is 1.94 bits per heavy atom. The summed E-state index contributed by atoms with van der Waals surface area (Å²) < 4.78 is 5.40. The Kier molecular flexibility index (Phi) is 2.97. The molecule has 1 saturated heterocycles. The highest BCUT2D eigenvalue weighted by atomic mass is 17.2. The third kappa shape index (κ3) is 2.23. The lowest BCUT2D eigenvalue weighted by Gasteiger charge is -2.30. The van der Waals surface area contributed by atoms with Crippen molar-refractivity contribution in [3.05, 3.63) is 0 Å². The molecule has 4 nitrogen and oxygen atoms in total. The van der Waals surface area contributed by atoms with Crippen molar-refractivity contribution in [3.8, 4) is 0 Å². The second kappa shape index (κ2) is 4.00. The Balaban J connectivity index is 2.02. The average Bonchev–Trinajstić information content (AvgIpc) is 2.41. The average molecular weight is 228 g/mol. The van der Waals surface area contributed by atoms with E-state index in [4.69, 9.17) is 14.5 Å². The van der Waals surface area contributed by atoms with Crippen LogP contribution in [0.4, 0.5) is 0 Å². The van der Waals surface area contributed by atoms with Crippen LogP contribution in [-0.2, 0) is 19.3 Å². The maximum atomic E-state index is 12.0. The third-order valence-electron chi connectivity index (χ3n) is 3.26. The SMILES string of the molecule is CC1C2CCC(C(=O)OC(C)(C)C)C1OO2. The second-order valence-corrected chi connectivity index (χ2v) is 5.77. The fourth-order valence-corrected chi connectivity index (χ4v) is 2.40. The molecule has 1 saturated carbocycles. The molecule has 0 aromatic carbocycles. The van der Waals surface area contributed by atoms with Crippen molar-refractivity contribution >= 4 is 5.97 Å². The van der Waals surface area contributed by atoms with Gasteiger partial charge in [0.1, 0.15) is 11.7 Å². The van der Waals surface area contributed by atoms with Crippen LogP contribution in [0, 0.1) is 11.8 Å². The predicted molar refractivity (Wildman–Crippen MR) is 57.5 cm³/mol. The molecular weight excluding hydrogens is 208 g/mol. The van der Waals surface area contributed by atoms with E-state index < -0.39 is 5.60 Å². The number of carbonyl (C=O) groups is 1. The molecule has 4 unspecified atom stereocenters. The highest BCUT2D eigenvalue weighted by molar-refractivity contribution is 5.73. The highest BCUT2D eigenvalue weighted by Crippen LogP contribution is 2.40. The number of hydrogen-bond donors (Lipinski definition) is 0. The van der Waals surface area contributed by atoms with E-state index in [0.717, 1.165) is 12.8 Å². The first-order chi connectivity index (χ1) is 7.38. The quantitative estimate of drug-likeness (QED) is 0.509.